The van der Waals surface area contributed by atoms with Gasteiger partial charge in [-0.25, -0.2) is 0 Å². The van der Waals surface area contributed by atoms with Gasteiger partial charge in [0.2, 0.25) is 5.91 Å². The lowest BCUT2D eigenvalue weighted by atomic mass is 10.1. The molecule has 1 fully saturated rings. The van der Waals surface area contributed by atoms with Gasteiger partial charge in [0.15, 0.2) is 0 Å². The van der Waals surface area contributed by atoms with Crippen molar-refractivity contribution in [1.29, 1.82) is 0 Å². The van der Waals surface area contributed by atoms with E-state index in [0.717, 1.165) is 30.0 Å². The van der Waals surface area contributed by atoms with Crippen molar-refractivity contribution < 1.29 is 14.3 Å². The van der Waals surface area contributed by atoms with E-state index in [4.69, 9.17) is 4.74 Å². The molecule has 1 saturated heterocycles. The molecule has 0 aliphatic carbocycles. The summed E-state index contributed by atoms with van der Waals surface area (Å²) in [4.78, 5) is 28.8. The molecule has 1 atom stereocenters. The van der Waals surface area contributed by atoms with E-state index in [1.54, 1.807) is 13.2 Å². The van der Waals surface area contributed by atoms with Gasteiger partial charge in [-0.05, 0) is 24.6 Å². The van der Waals surface area contributed by atoms with Gasteiger partial charge in [-0.3, -0.25) is 14.5 Å². The number of fused-ring (bicyclic) bond motifs is 1. The van der Waals surface area contributed by atoms with Crippen molar-refractivity contribution in [2.24, 2.45) is 0 Å². The number of ether oxygens (including phenoxy) is 1. The van der Waals surface area contributed by atoms with Crippen LogP contribution in [0.2, 0.25) is 0 Å². The maximum Gasteiger partial charge on any atom is 0.259 e. The summed E-state index contributed by atoms with van der Waals surface area (Å²) in [6.45, 7) is 5.52. The fourth-order valence-electron chi connectivity index (χ4n) is 3.91. The van der Waals surface area contributed by atoms with Crippen LogP contribution in [0, 0.1) is 0 Å². The Hall–Kier alpha value is -3.28. The molecular weight excluding hydrogens is 354 g/mol. The summed E-state index contributed by atoms with van der Waals surface area (Å²) in [6.07, 6.45) is 0.846. The number of carbonyl (C=O) groups is 2. The van der Waals surface area contributed by atoms with Crippen molar-refractivity contribution in [2.45, 2.75) is 12.5 Å². The molecule has 28 heavy (non-hydrogen) atoms. The first kappa shape index (κ1) is 18.1. The highest BCUT2D eigenvalue weighted by Crippen LogP contribution is 2.32. The predicted molar refractivity (Wildman–Crippen MR) is 108 cm³/mol. The average molecular weight is 377 g/mol. The Kier molecular flexibility index (Phi) is 4.77. The van der Waals surface area contributed by atoms with Crippen LogP contribution in [0.4, 0.5) is 5.69 Å². The Balaban J connectivity index is 1.37. The van der Waals surface area contributed by atoms with Crippen LogP contribution in [-0.2, 0) is 4.79 Å². The molecule has 0 radical (unpaired) electrons. The van der Waals surface area contributed by atoms with E-state index in [-0.39, 0.29) is 24.4 Å². The number of nitrogens with zero attached hydrogens (tertiary/aromatic N) is 2. The minimum absolute atomic E-state index is 0.0164. The third-order valence-electron chi connectivity index (χ3n) is 5.32. The molecule has 0 aromatic heterocycles. The highest BCUT2D eigenvalue weighted by atomic mass is 16.5. The largest absolute Gasteiger partial charge is 0.495 e. The van der Waals surface area contributed by atoms with Crippen LogP contribution in [0.5, 0.6) is 5.75 Å². The van der Waals surface area contributed by atoms with Crippen molar-refractivity contribution in [2.75, 3.05) is 31.6 Å². The van der Waals surface area contributed by atoms with Gasteiger partial charge in [-0.15, -0.1) is 0 Å². The lowest BCUT2D eigenvalue weighted by Gasteiger charge is -2.22. The van der Waals surface area contributed by atoms with E-state index in [1.807, 2.05) is 42.5 Å². The molecule has 144 valence electrons. The third-order valence-corrected chi connectivity index (χ3v) is 5.32. The molecule has 2 amide bonds. The highest BCUT2D eigenvalue weighted by Gasteiger charge is 2.33. The number of carbonyl (C=O) groups excluding carboxylic acids is 2. The van der Waals surface area contributed by atoms with E-state index in [0.29, 0.717) is 17.8 Å². The maximum absolute atomic E-state index is 12.6. The Morgan fingerprint density at radius 2 is 1.89 bits per heavy atom. The van der Waals surface area contributed by atoms with Crippen LogP contribution in [0.3, 0.4) is 0 Å². The van der Waals surface area contributed by atoms with Crippen LogP contribution in [0.15, 0.2) is 55.1 Å². The molecule has 6 nitrogen and oxygen atoms in total. The number of anilines is 1. The van der Waals surface area contributed by atoms with Gasteiger partial charge in [0, 0.05) is 36.0 Å². The summed E-state index contributed by atoms with van der Waals surface area (Å²) in [7, 11) is 1.66. The number of amides is 2. The second kappa shape index (κ2) is 7.38. The van der Waals surface area contributed by atoms with Crippen LogP contribution in [-0.4, -0.2) is 49.5 Å². The van der Waals surface area contributed by atoms with Crippen molar-refractivity contribution >= 4 is 23.2 Å². The molecule has 1 N–H and O–H groups in total. The van der Waals surface area contributed by atoms with Gasteiger partial charge in [0.05, 0.1) is 12.8 Å². The summed E-state index contributed by atoms with van der Waals surface area (Å²) in [5, 5.41) is 3.05. The van der Waals surface area contributed by atoms with E-state index in [9.17, 15) is 9.59 Å². The SMILES string of the molecule is C=C1c2ccccc2C(=O)N1CC(=O)NC1CCN(c2ccccc2OC)C1. The van der Waals surface area contributed by atoms with Crippen molar-refractivity contribution in [3.8, 4) is 5.75 Å². The summed E-state index contributed by atoms with van der Waals surface area (Å²) in [5.41, 5.74) is 3.00. The standard InChI is InChI=1S/C22H23N3O3/c1-15-17-7-3-4-8-18(17)22(27)25(15)14-21(26)23-16-11-12-24(13-16)19-9-5-6-10-20(19)28-2/h3-10,16H,1,11-14H2,2H3,(H,23,26). The van der Waals surface area contributed by atoms with Crippen LogP contribution in [0.1, 0.15) is 22.3 Å². The molecule has 2 aliphatic rings. The number of nitrogens with one attached hydrogen (secondary N) is 1. The molecule has 0 spiro atoms. The van der Waals surface area contributed by atoms with Crippen LogP contribution in [0.25, 0.3) is 5.70 Å². The van der Waals surface area contributed by atoms with Gasteiger partial charge in [0.25, 0.3) is 5.91 Å². The first-order chi connectivity index (χ1) is 13.6. The lowest BCUT2D eigenvalue weighted by molar-refractivity contribution is -0.121. The minimum atomic E-state index is -0.172. The summed E-state index contributed by atoms with van der Waals surface area (Å²) < 4.78 is 5.43. The van der Waals surface area contributed by atoms with Gasteiger partial charge in [-0.2, -0.15) is 0 Å². The fraction of sp³-hybridized carbons (Fsp3) is 0.273. The van der Waals surface area contributed by atoms with Crippen LogP contribution >= 0.6 is 0 Å². The Bertz CT molecular complexity index is 905. The van der Waals surface area contributed by atoms with E-state index in [2.05, 4.69) is 16.8 Å². The predicted octanol–water partition coefficient (Wildman–Crippen LogP) is 2.52. The zero-order chi connectivity index (χ0) is 19.7. The summed E-state index contributed by atoms with van der Waals surface area (Å²) in [5.74, 6) is 0.484. The van der Waals surface area contributed by atoms with E-state index < -0.39 is 0 Å². The average Bonchev–Trinajstić information content (AvgIpc) is 3.27. The zero-order valence-electron chi connectivity index (χ0n) is 15.9. The molecule has 2 heterocycles. The molecule has 2 aliphatic heterocycles. The second-order valence-corrected chi connectivity index (χ2v) is 7.05. The van der Waals surface area contributed by atoms with Gasteiger partial charge in [0.1, 0.15) is 12.3 Å². The first-order valence-corrected chi connectivity index (χ1v) is 9.36. The van der Waals surface area contributed by atoms with Crippen molar-refractivity contribution in [3.05, 3.63) is 66.2 Å². The number of hydrogen-bond acceptors (Lipinski definition) is 4. The smallest absolute Gasteiger partial charge is 0.259 e. The topological polar surface area (TPSA) is 61.9 Å². The fourth-order valence-corrected chi connectivity index (χ4v) is 3.91. The quantitative estimate of drug-likeness (QED) is 0.870. The molecule has 4 rings (SSSR count). The molecule has 1 unspecified atom stereocenters. The van der Waals surface area contributed by atoms with Gasteiger partial charge in [-0.1, -0.05) is 36.9 Å². The third kappa shape index (κ3) is 3.22. The number of benzene rings is 2. The van der Waals surface area contributed by atoms with Gasteiger partial charge >= 0.3 is 0 Å². The van der Waals surface area contributed by atoms with Gasteiger partial charge < -0.3 is 15.0 Å². The monoisotopic (exact) mass is 377 g/mol. The number of rotatable bonds is 5. The molecular formula is C22H23N3O3. The molecule has 2 aromatic carbocycles. The number of methoxy groups -OCH3 is 1. The molecule has 0 bridgehead atoms. The first-order valence-electron chi connectivity index (χ1n) is 9.36. The second-order valence-electron chi connectivity index (χ2n) is 7.05. The highest BCUT2D eigenvalue weighted by molar-refractivity contribution is 6.10. The minimum Gasteiger partial charge on any atom is -0.495 e. The van der Waals surface area contributed by atoms with Crippen molar-refractivity contribution in [3.63, 3.8) is 0 Å². The Labute approximate surface area is 164 Å². The normalized spacial score (nSPS) is 18.4. The Morgan fingerprint density at radius 3 is 2.64 bits per heavy atom. The summed E-state index contributed by atoms with van der Waals surface area (Å²) in [6, 6.07) is 15.2. The molecule has 0 saturated carbocycles. The molecule has 6 heteroatoms. The van der Waals surface area contributed by atoms with E-state index >= 15 is 0 Å². The van der Waals surface area contributed by atoms with Crippen LogP contribution < -0.4 is 15.0 Å². The number of para-hydroxylation sites is 2. The zero-order valence-corrected chi connectivity index (χ0v) is 15.9. The molecule has 2 aromatic rings. The lowest BCUT2D eigenvalue weighted by Crippen LogP contribution is -2.43. The Morgan fingerprint density at radius 1 is 1.18 bits per heavy atom. The summed E-state index contributed by atoms with van der Waals surface area (Å²) >= 11 is 0. The number of hydrogen-bond donors (Lipinski definition) is 1. The maximum atomic E-state index is 12.6. The van der Waals surface area contributed by atoms with E-state index in [1.165, 1.54) is 4.90 Å². The van der Waals surface area contributed by atoms with Crippen molar-refractivity contribution in [1.82, 2.24) is 10.2 Å².